The smallest absolute Gasteiger partial charge is 0.265 e. The molecule has 68 heavy (non-hydrogen) atoms. The van der Waals surface area contributed by atoms with Gasteiger partial charge in [-0.3, -0.25) is 4.98 Å². The zero-order valence-electron chi connectivity index (χ0n) is 39.3. The van der Waals surface area contributed by atoms with Crippen molar-refractivity contribution in [2.45, 2.75) is 53.9 Å². The third-order valence-electron chi connectivity index (χ3n) is 13.6. The first-order valence-electron chi connectivity index (χ1n) is 23.1. The van der Waals surface area contributed by atoms with Crippen molar-refractivity contribution in [2.75, 3.05) is 0 Å². The first kappa shape index (κ1) is 43.2. The normalized spacial score (nSPS) is 11.8. The molecule has 0 atom stereocenters. The predicted molar refractivity (Wildman–Crippen MR) is 276 cm³/mol. The van der Waals surface area contributed by atoms with E-state index in [4.69, 9.17) is 9.72 Å². The molecular formula is C61H51N5OPd. The minimum Gasteiger partial charge on any atom is -0.265 e. The molecule has 4 heterocycles. The van der Waals surface area contributed by atoms with Crippen molar-refractivity contribution < 1.29 is 23.5 Å². The van der Waals surface area contributed by atoms with E-state index < -0.39 is 0 Å². The van der Waals surface area contributed by atoms with Crippen LogP contribution < -0.4 is 4.74 Å². The summed E-state index contributed by atoms with van der Waals surface area (Å²) in [5.74, 6) is 2.34. The number of imidazole rings is 1. The van der Waals surface area contributed by atoms with E-state index in [-0.39, 0.29) is 5.41 Å². The Morgan fingerprint density at radius 1 is 0.500 bits per heavy atom. The van der Waals surface area contributed by atoms with Gasteiger partial charge in [0.25, 0.3) is 0 Å². The van der Waals surface area contributed by atoms with Crippen LogP contribution in [0.4, 0.5) is 0 Å². The van der Waals surface area contributed by atoms with Crippen LogP contribution in [0.3, 0.4) is 0 Å². The van der Waals surface area contributed by atoms with Crippen molar-refractivity contribution in [3.63, 3.8) is 0 Å². The molecule has 336 valence electrons. The Balaban J connectivity index is 1.10. The van der Waals surface area contributed by atoms with Gasteiger partial charge in [-0.1, -0.05) is 12.1 Å². The molecule has 0 radical (unpaired) electrons. The molecule has 0 aliphatic heterocycles. The molecule has 4 aromatic heterocycles. The van der Waals surface area contributed by atoms with E-state index in [0.717, 1.165) is 87.7 Å². The number of hydrogen-bond donors (Lipinski definition) is 0. The van der Waals surface area contributed by atoms with Crippen molar-refractivity contribution in [1.82, 2.24) is 23.7 Å². The maximum atomic E-state index is 7.04. The fraction of sp³-hybridized carbons (Fsp3) is 0.131. The first-order chi connectivity index (χ1) is 33.0. The van der Waals surface area contributed by atoms with E-state index in [1.165, 1.54) is 38.9 Å². The van der Waals surface area contributed by atoms with Crippen LogP contribution in [-0.4, -0.2) is 23.7 Å². The number of ether oxygens (including phenoxy) is 1. The van der Waals surface area contributed by atoms with E-state index in [0.29, 0.717) is 0 Å². The van der Waals surface area contributed by atoms with E-state index >= 15 is 0 Å². The van der Waals surface area contributed by atoms with Crippen LogP contribution in [0.25, 0.3) is 83.4 Å². The predicted octanol–water partition coefficient (Wildman–Crippen LogP) is 15.7. The average molecular weight is 977 g/mol. The minimum atomic E-state index is -0.183. The molecule has 7 aromatic carbocycles. The summed E-state index contributed by atoms with van der Waals surface area (Å²) in [7, 11) is 0. The number of aryl methyl sites for hydroxylation is 1. The molecule has 6 nitrogen and oxygen atoms in total. The summed E-state index contributed by atoms with van der Waals surface area (Å²) in [5, 5.41) is 2.29. The molecule has 0 unspecified atom stereocenters. The number of fused-ring (bicyclic) bond motifs is 4. The summed E-state index contributed by atoms with van der Waals surface area (Å²) < 4.78 is 15.0. The molecule has 0 bridgehead atoms. The van der Waals surface area contributed by atoms with Gasteiger partial charge in [-0.2, -0.15) is 0 Å². The van der Waals surface area contributed by atoms with Crippen LogP contribution >= 0.6 is 0 Å². The Hall–Kier alpha value is -7.43. The summed E-state index contributed by atoms with van der Waals surface area (Å²) in [6.45, 7) is 15.7. The molecule has 0 saturated heterocycles. The van der Waals surface area contributed by atoms with Gasteiger partial charge >= 0.3 is 339 Å². The van der Waals surface area contributed by atoms with Crippen molar-refractivity contribution in [3.8, 4) is 62.1 Å². The molecule has 11 aromatic rings. The van der Waals surface area contributed by atoms with Crippen molar-refractivity contribution in [1.29, 1.82) is 0 Å². The molecular weight excluding hydrogens is 925 g/mol. The van der Waals surface area contributed by atoms with Crippen molar-refractivity contribution in [3.05, 3.63) is 214 Å². The summed E-state index contributed by atoms with van der Waals surface area (Å²) in [5.41, 5.74) is 19.3. The first-order valence-corrected chi connectivity index (χ1v) is 23.9. The van der Waals surface area contributed by atoms with Crippen LogP contribution in [0.1, 0.15) is 48.6 Å². The van der Waals surface area contributed by atoms with Gasteiger partial charge in [0.05, 0.1) is 0 Å². The van der Waals surface area contributed by atoms with Crippen LogP contribution in [0.2, 0.25) is 0 Å². The summed E-state index contributed by atoms with van der Waals surface area (Å²) >= 11 is 3.88. The van der Waals surface area contributed by atoms with Crippen molar-refractivity contribution in [2.24, 2.45) is 0 Å². The number of hydrogen-bond acceptors (Lipinski definition) is 3. The van der Waals surface area contributed by atoms with E-state index in [2.05, 4.69) is 238 Å². The SMILES string of the molecule is Cc1cc(-n2c3ccccc3c3ccc(Oc4cc(-n5[c](=[Pd])n(-c6c(-c7ccccc7)c(C)c(C)c(C)c6-c6ccccc6)c6ccccc65)cc(C(C)(C)C)c4)cc32)ncc1-c1ccncc1. The number of pyridine rings is 2. The average Bonchev–Trinajstić information content (AvgIpc) is 3.84. The number of benzene rings is 7. The fourth-order valence-corrected chi connectivity index (χ4v) is 10.7. The van der Waals surface area contributed by atoms with Gasteiger partial charge in [0.1, 0.15) is 0 Å². The Labute approximate surface area is 407 Å². The standard InChI is InChI=1S/C61H51N5O.Pd/c1-39-32-57(63-37-52(39)43-28-30-62-31-29-43)66-53-23-15-14-22-50(53)51-27-26-48(36-56(51)66)67-49-34-46(61(5,6)7)33-47(35-49)64-38-65(55-25-17-16-24-54(55)64)60-58(44-18-10-8-11-19-44)41(3)40(2)42(4)59(60)45-20-12-9-13-21-45;/h8-37H,1-7H3;. The summed E-state index contributed by atoms with van der Waals surface area (Å²) in [6.07, 6.45) is 5.62. The van der Waals surface area contributed by atoms with E-state index in [1.54, 1.807) is 0 Å². The second-order valence-electron chi connectivity index (χ2n) is 18.8. The number of aromatic nitrogens is 5. The van der Waals surface area contributed by atoms with Gasteiger partial charge in [0.15, 0.2) is 0 Å². The van der Waals surface area contributed by atoms with E-state index in [1.807, 2.05) is 30.7 Å². The maximum absolute atomic E-state index is 7.04. The number of nitrogens with zero attached hydrogens (tertiary/aromatic N) is 5. The second-order valence-corrected chi connectivity index (χ2v) is 19.5. The minimum absolute atomic E-state index is 0.183. The van der Waals surface area contributed by atoms with Gasteiger partial charge in [-0.15, -0.1) is 0 Å². The summed E-state index contributed by atoms with van der Waals surface area (Å²) in [4.78, 5) is 9.29. The molecule has 0 aliphatic carbocycles. The molecule has 11 rings (SSSR count). The molecule has 0 aliphatic rings. The van der Waals surface area contributed by atoms with Gasteiger partial charge in [-0.25, -0.2) is 0 Å². The van der Waals surface area contributed by atoms with Crippen molar-refractivity contribution >= 4 is 32.8 Å². The molecule has 0 fully saturated rings. The van der Waals surface area contributed by atoms with Crippen LogP contribution in [0, 0.1) is 31.6 Å². The molecule has 0 spiro atoms. The Kier molecular flexibility index (Phi) is 10.8. The second kappa shape index (κ2) is 17.0. The topological polar surface area (TPSA) is 49.8 Å². The molecule has 0 N–H and O–H groups in total. The zero-order chi connectivity index (χ0) is 46.8. The fourth-order valence-electron chi connectivity index (χ4n) is 9.94. The summed E-state index contributed by atoms with van der Waals surface area (Å²) in [6, 6.07) is 58.2. The van der Waals surface area contributed by atoms with Crippen LogP contribution in [0.15, 0.2) is 182 Å². The number of rotatable bonds is 8. The van der Waals surface area contributed by atoms with E-state index in [9.17, 15) is 0 Å². The van der Waals surface area contributed by atoms with Gasteiger partial charge in [0, 0.05) is 24.2 Å². The third kappa shape index (κ3) is 7.35. The van der Waals surface area contributed by atoms with Gasteiger partial charge in [-0.05, 0) is 30.2 Å². The Morgan fingerprint density at radius 2 is 1.09 bits per heavy atom. The third-order valence-corrected chi connectivity index (χ3v) is 14.3. The number of para-hydroxylation sites is 3. The molecule has 0 amide bonds. The van der Waals surface area contributed by atoms with Crippen LogP contribution in [-0.2, 0) is 24.2 Å². The monoisotopic (exact) mass is 975 g/mol. The van der Waals surface area contributed by atoms with Gasteiger partial charge in [0.2, 0.25) is 0 Å². The molecule has 7 heteroatoms. The Bertz CT molecular complexity index is 3740. The van der Waals surface area contributed by atoms with Gasteiger partial charge < -0.3 is 0 Å². The van der Waals surface area contributed by atoms with Crippen LogP contribution in [0.5, 0.6) is 11.5 Å². The quantitative estimate of drug-likeness (QED) is 0.143. The Morgan fingerprint density at radius 3 is 1.72 bits per heavy atom. The molecule has 0 saturated carbocycles. The zero-order valence-corrected chi connectivity index (χ0v) is 40.8.